The summed E-state index contributed by atoms with van der Waals surface area (Å²) < 4.78 is 1.73. The number of nitrogens with zero attached hydrogens (tertiary/aromatic N) is 3. The zero-order valence-electron chi connectivity index (χ0n) is 9.64. The molecule has 4 heteroatoms. The summed E-state index contributed by atoms with van der Waals surface area (Å²) in [6.07, 6.45) is 1.05. The first-order valence-corrected chi connectivity index (χ1v) is 5.44. The van der Waals surface area contributed by atoms with Crippen LogP contribution in [0.5, 0.6) is 0 Å². The van der Waals surface area contributed by atoms with Gasteiger partial charge >= 0.3 is 0 Å². The predicted octanol–water partition coefficient (Wildman–Crippen LogP) is 1.50. The molecule has 0 bridgehead atoms. The lowest BCUT2D eigenvalue weighted by Gasteiger charge is -1.97. The van der Waals surface area contributed by atoms with Crippen molar-refractivity contribution in [3.63, 3.8) is 0 Å². The number of benzene rings is 1. The molecule has 2 rings (SSSR count). The molecule has 0 atom stereocenters. The molecule has 0 radical (unpaired) electrons. The molecule has 1 aromatic carbocycles. The summed E-state index contributed by atoms with van der Waals surface area (Å²) in [5.74, 6) is 1.54. The molecule has 0 fully saturated rings. The van der Waals surface area contributed by atoms with Crippen molar-refractivity contribution >= 4 is 0 Å². The van der Waals surface area contributed by atoms with E-state index < -0.39 is 0 Å². The number of rotatable bonds is 3. The Morgan fingerprint density at radius 3 is 2.44 bits per heavy atom. The van der Waals surface area contributed by atoms with Crippen LogP contribution in [0.1, 0.15) is 18.3 Å². The van der Waals surface area contributed by atoms with E-state index in [-0.39, 0.29) is 0 Å². The minimum atomic E-state index is 0.413. The molecule has 0 spiro atoms. The van der Waals surface area contributed by atoms with Gasteiger partial charge in [0.25, 0.3) is 0 Å². The summed E-state index contributed by atoms with van der Waals surface area (Å²) in [5, 5.41) is 4.33. The molecular weight excluding hydrogens is 200 g/mol. The lowest BCUT2D eigenvalue weighted by Crippen LogP contribution is -2.05. The fourth-order valence-electron chi connectivity index (χ4n) is 1.61. The van der Waals surface area contributed by atoms with E-state index in [1.807, 2.05) is 7.05 Å². The third-order valence-corrected chi connectivity index (χ3v) is 2.66. The van der Waals surface area contributed by atoms with Gasteiger partial charge in [0.05, 0.1) is 6.54 Å². The fourth-order valence-corrected chi connectivity index (χ4v) is 1.61. The molecule has 84 valence electrons. The number of hydrogen-bond acceptors (Lipinski definition) is 3. The van der Waals surface area contributed by atoms with Crippen molar-refractivity contribution in [3.8, 4) is 11.4 Å². The van der Waals surface area contributed by atoms with Gasteiger partial charge in [-0.05, 0) is 12.0 Å². The predicted molar refractivity (Wildman–Crippen MR) is 63.7 cm³/mol. The highest BCUT2D eigenvalue weighted by Crippen LogP contribution is 2.16. The number of aryl methyl sites for hydroxylation is 2. The Bertz CT molecular complexity index is 470. The Labute approximate surface area is 95.1 Å². The van der Waals surface area contributed by atoms with Crippen LogP contribution in [0.3, 0.4) is 0 Å². The normalized spacial score (nSPS) is 10.7. The van der Waals surface area contributed by atoms with E-state index in [9.17, 15) is 0 Å². The SMILES string of the molecule is CCc1ccc(-c2nc(CN)n(C)n2)cc1. The van der Waals surface area contributed by atoms with Crippen LogP contribution in [0.25, 0.3) is 11.4 Å². The summed E-state index contributed by atoms with van der Waals surface area (Å²) in [5.41, 5.74) is 7.92. The van der Waals surface area contributed by atoms with E-state index in [0.29, 0.717) is 6.54 Å². The molecule has 1 aromatic heterocycles. The van der Waals surface area contributed by atoms with Crippen molar-refractivity contribution in [2.75, 3.05) is 0 Å². The quantitative estimate of drug-likeness (QED) is 0.846. The standard InChI is InChI=1S/C12H16N4/c1-3-9-4-6-10(7-5-9)12-14-11(8-13)16(2)15-12/h4-7H,3,8,13H2,1-2H3. The van der Waals surface area contributed by atoms with Crippen molar-refractivity contribution in [1.82, 2.24) is 14.8 Å². The molecule has 16 heavy (non-hydrogen) atoms. The third kappa shape index (κ3) is 1.97. The summed E-state index contributed by atoms with van der Waals surface area (Å²) in [4.78, 5) is 4.38. The van der Waals surface area contributed by atoms with Crippen LogP contribution in [-0.2, 0) is 20.0 Å². The average molecular weight is 216 g/mol. The topological polar surface area (TPSA) is 56.7 Å². The van der Waals surface area contributed by atoms with Crippen LogP contribution in [-0.4, -0.2) is 14.8 Å². The summed E-state index contributed by atoms with van der Waals surface area (Å²) >= 11 is 0. The van der Waals surface area contributed by atoms with Crippen molar-refractivity contribution in [2.24, 2.45) is 12.8 Å². The van der Waals surface area contributed by atoms with Gasteiger partial charge in [0.2, 0.25) is 0 Å². The Morgan fingerprint density at radius 2 is 1.94 bits per heavy atom. The molecule has 0 aliphatic carbocycles. The van der Waals surface area contributed by atoms with Crippen LogP contribution < -0.4 is 5.73 Å². The van der Waals surface area contributed by atoms with Crippen LogP contribution in [0, 0.1) is 0 Å². The first-order chi connectivity index (χ1) is 7.74. The van der Waals surface area contributed by atoms with Crippen molar-refractivity contribution in [1.29, 1.82) is 0 Å². The second-order valence-corrected chi connectivity index (χ2v) is 3.73. The second-order valence-electron chi connectivity index (χ2n) is 3.73. The minimum Gasteiger partial charge on any atom is -0.324 e. The first-order valence-electron chi connectivity index (χ1n) is 5.44. The van der Waals surface area contributed by atoms with E-state index in [2.05, 4.69) is 41.3 Å². The van der Waals surface area contributed by atoms with E-state index in [1.165, 1.54) is 5.56 Å². The minimum absolute atomic E-state index is 0.413. The Balaban J connectivity index is 2.34. The van der Waals surface area contributed by atoms with Crippen LogP contribution in [0.15, 0.2) is 24.3 Å². The van der Waals surface area contributed by atoms with Gasteiger partial charge in [-0.2, -0.15) is 5.10 Å². The highest BCUT2D eigenvalue weighted by Gasteiger charge is 2.07. The monoisotopic (exact) mass is 216 g/mol. The molecule has 0 aliphatic rings. The largest absolute Gasteiger partial charge is 0.324 e. The maximum Gasteiger partial charge on any atom is 0.181 e. The van der Waals surface area contributed by atoms with E-state index in [4.69, 9.17) is 5.73 Å². The number of nitrogens with two attached hydrogens (primary N) is 1. The van der Waals surface area contributed by atoms with Crippen molar-refractivity contribution < 1.29 is 0 Å². The summed E-state index contributed by atoms with van der Waals surface area (Å²) in [7, 11) is 1.86. The van der Waals surface area contributed by atoms with Gasteiger partial charge < -0.3 is 5.73 Å². The highest BCUT2D eigenvalue weighted by atomic mass is 15.3. The molecule has 2 aromatic rings. The third-order valence-electron chi connectivity index (χ3n) is 2.66. The molecule has 0 amide bonds. The van der Waals surface area contributed by atoms with Gasteiger partial charge in [0.15, 0.2) is 5.82 Å². The maximum atomic E-state index is 5.56. The molecule has 4 nitrogen and oxygen atoms in total. The average Bonchev–Trinajstić information content (AvgIpc) is 2.71. The molecule has 0 saturated heterocycles. The fraction of sp³-hybridized carbons (Fsp3) is 0.333. The Morgan fingerprint density at radius 1 is 1.25 bits per heavy atom. The zero-order valence-corrected chi connectivity index (χ0v) is 9.64. The van der Waals surface area contributed by atoms with Crippen LogP contribution >= 0.6 is 0 Å². The maximum absolute atomic E-state index is 5.56. The Hall–Kier alpha value is -1.68. The Kier molecular flexibility index (Phi) is 3.01. The van der Waals surface area contributed by atoms with Gasteiger partial charge in [0.1, 0.15) is 5.82 Å². The van der Waals surface area contributed by atoms with E-state index in [0.717, 1.165) is 23.6 Å². The van der Waals surface area contributed by atoms with E-state index >= 15 is 0 Å². The smallest absolute Gasteiger partial charge is 0.181 e. The number of hydrogen-bond donors (Lipinski definition) is 1. The summed E-state index contributed by atoms with van der Waals surface area (Å²) in [6, 6.07) is 8.31. The van der Waals surface area contributed by atoms with E-state index in [1.54, 1.807) is 4.68 Å². The molecule has 1 heterocycles. The van der Waals surface area contributed by atoms with Crippen molar-refractivity contribution in [3.05, 3.63) is 35.7 Å². The van der Waals surface area contributed by atoms with Crippen LogP contribution in [0.4, 0.5) is 0 Å². The first kappa shape index (κ1) is 10.8. The van der Waals surface area contributed by atoms with Gasteiger partial charge in [-0.3, -0.25) is 4.68 Å². The van der Waals surface area contributed by atoms with Gasteiger partial charge in [-0.25, -0.2) is 4.98 Å². The zero-order chi connectivity index (χ0) is 11.5. The lowest BCUT2D eigenvalue weighted by atomic mass is 10.1. The molecule has 0 unspecified atom stereocenters. The number of aromatic nitrogens is 3. The van der Waals surface area contributed by atoms with Crippen molar-refractivity contribution in [2.45, 2.75) is 19.9 Å². The molecule has 0 saturated carbocycles. The van der Waals surface area contributed by atoms with Gasteiger partial charge in [-0.15, -0.1) is 0 Å². The highest BCUT2D eigenvalue weighted by molar-refractivity contribution is 5.55. The summed E-state index contributed by atoms with van der Waals surface area (Å²) in [6.45, 7) is 2.55. The second kappa shape index (κ2) is 4.45. The molecule has 0 aliphatic heterocycles. The van der Waals surface area contributed by atoms with Crippen LogP contribution in [0.2, 0.25) is 0 Å². The van der Waals surface area contributed by atoms with Gasteiger partial charge in [-0.1, -0.05) is 31.2 Å². The van der Waals surface area contributed by atoms with Gasteiger partial charge in [0, 0.05) is 12.6 Å². The lowest BCUT2D eigenvalue weighted by molar-refractivity contribution is 0.703. The molecule has 2 N–H and O–H groups in total. The molecular formula is C12H16N4.